The molecule has 23 heavy (non-hydrogen) atoms. The second-order valence-electron chi connectivity index (χ2n) is 5.64. The van der Waals surface area contributed by atoms with Crippen molar-refractivity contribution in [3.05, 3.63) is 18.1 Å². The van der Waals surface area contributed by atoms with Crippen LogP contribution in [0.2, 0.25) is 0 Å². The third-order valence-corrected chi connectivity index (χ3v) is 3.87. The first-order valence-corrected chi connectivity index (χ1v) is 7.45. The number of carbonyl (C=O) groups excluding carboxylic acids is 1. The van der Waals surface area contributed by atoms with Crippen LogP contribution in [0.4, 0.5) is 19.0 Å². The van der Waals surface area contributed by atoms with E-state index in [-0.39, 0.29) is 23.3 Å². The van der Waals surface area contributed by atoms with Crippen molar-refractivity contribution in [2.45, 2.75) is 19.5 Å². The van der Waals surface area contributed by atoms with Gasteiger partial charge in [0.05, 0.1) is 6.54 Å². The maximum absolute atomic E-state index is 12.5. The number of amides is 1. The number of carbonyl (C=O) groups is 1. The first-order chi connectivity index (χ1) is 10.8. The van der Waals surface area contributed by atoms with E-state index in [9.17, 15) is 18.0 Å². The van der Waals surface area contributed by atoms with Crippen LogP contribution in [0.25, 0.3) is 0 Å². The smallest absolute Gasteiger partial charge is 0.382 e. The lowest BCUT2D eigenvalue weighted by Gasteiger charge is -2.25. The number of alkyl halides is 3. The third kappa shape index (κ3) is 4.78. The molecule has 9 heteroatoms. The van der Waals surface area contributed by atoms with Crippen LogP contribution in [0, 0.1) is 5.92 Å². The first kappa shape index (κ1) is 17.5. The Morgan fingerprint density at radius 2 is 2.13 bits per heavy atom. The number of rotatable bonds is 5. The second kappa shape index (κ2) is 7.12. The van der Waals surface area contributed by atoms with Gasteiger partial charge >= 0.3 is 6.18 Å². The summed E-state index contributed by atoms with van der Waals surface area (Å²) in [7, 11) is 0. The summed E-state index contributed by atoms with van der Waals surface area (Å²) in [5.41, 5.74) is 5.73. The summed E-state index contributed by atoms with van der Waals surface area (Å²) in [4.78, 5) is 23.0. The predicted octanol–water partition coefficient (Wildman–Crippen LogP) is 1.41. The molecule has 0 spiro atoms. The molecule has 2 heterocycles. The minimum Gasteiger partial charge on any atom is -0.382 e. The van der Waals surface area contributed by atoms with Crippen LogP contribution < -0.4 is 5.73 Å². The lowest BCUT2D eigenvalue weighted by molar-refractivity contribution is -0.146. The van der Waals surface area contributed by atoms with Crippen LogP contribution in [0.3, 0.4) is 0 Å². The van der Waals surface area contributed by atoms with Crippen LogP contribution >= 0.6 is 0 Å². The molecule has 0 aromatic carbocycles. The molecule has 1 fully saturated rings. The first-order valence-electron chi connectivity index (χ1n) is 7.45. The highest BCUT2D eigenvalue weighted by atomic mass is 19.4. The fourth-order valence-corrected chi connectivity index (χ4v) is 2.75. The quantitative estimate of drug-likeness (QED) is 0.883. The van der Waals surface area contributed by atoms with Crippen LogP contribution in [-0.2, 0) is 0 Å². The zero-order valence-electron chi connectivity index (χ0n) is 12.9. The van der Waals surface area contributed by atoms with Crippen molar-refractivity contribution in [3.8, 4) is 0 Å². The zero-order valence-corrected chi connectivity index (χ0v) is 12.9. The van der Waals surface area contributed by atoms with Gasteiger partial charge in [0.25, 0.3) is 5.91 Å². The molecule has 2 rings (SSSR count). The maximum Gasteiger partial charge on any atom is 0.401 e. The number of anilines is 1. The van der Waals surface area contributed by atoms with E-state index in [2.05, 4.69) is 9.97 Å². The van der Waals surface area contributed by atoms with E-state index in [0.717, 1.165) is 0 Å². The van der Waals surface area contributed by atoms with Gasteiger partial charge in [0, 0.05) is 32.0 Å². The SMILES string of the molecule is CCN(C[C@@H]1CCN(C(=O)c2nccnc2N)C1)CC(F)(F)F. The normalized spacial score (nSPS) is 18.7. The lowest BCUT2D eigenvalue weighted by atomic mass is 10.1. The molecule has 0 saturated carbocycles. The van der Waals surface area contributed by atoms with Gasteiger partial charge in [-0.25, -0.2) is 9.97 Å². The Hall–Kier alpha value is -1.90. The highest BCUT2D eigenvalue weighted by Gasteiger charge is 2.34. The van der Waals surface area contributed by atoms with Crippen molar-refractivity contribution in [2.24, 2.45) is 5.92 Å². The number of nitrogen functional groups attached to an aromatic ring is 1. The number of hydrogen-bond acceptors (Lipinski definition) is 5. The summed E-state index contributed by atoms with van der Waals surface area (Å²) in [6.45, 7) is 2.30. The lowest BCUT2D eigenvalue weighted by Crippen LogP contribution is -2.38. The van der Waals surface area contributed by atoms with E-state index in [0.29, 0.717) is 32.6 Å². The zero-order chi connectivity index (χ0) is 17.0. The van der Waals surface area contributed by atoms with Gasteiger partial charge in [0.1, 0.15) is 0 Å². The molecule has 0 unspecified atom stereocenters. The van der Waals surface area contributed by atoms with Crippen molar-refractivity contribution in [2.75, 3.05) is 38.5 Å². The Bertz CT molecular complexity index is 551. The van der Waals surface area contributed by atoms with E-state index in [1.54, 1.807) is 11.8 Å². The molecule has 1 aromatic heterocycles. The molecule has 1 aromatic rings. The number of likely N-dealkylation sites (tertiary alicyclic amines) is 1. The minimum absolute atomic E-state index is 0.0131. The summed E-state index contributed by atoms with van der Waals surface area (Å²) >= 11 is 0. The van der Waals surface area contributed by atoms with Gasteiger partial charge in [-0.2, -0.15) is 13.2 Å². The Kier molecular flexibility index (Phi) is 5.40. The molecule has 128 valence electrons. The third-order valence-electron chi connectivity index (χ3n) is 3.87. The van der Waals surface area contributed by atoms with E-state index in [4.69, 9.17) is 5.73 Å². The van der Waals surface area contributed by atoms with Gasteiger partial charge in [-0.1, -0.05) is 6.92 Å². The summed E-state index contributed by atoms with van der Waals surface area (Å²) in [5.74, 6) is -0.246. The van der Waals surface area contributed by atoms with Crippen LogP contribution in [0.1, 0.15) is 23.8 Å². The predicted molar refractivity (Wildman–Crippen MR) is 78.6 cm³/mol. The summed E-state index contributed by atoms with van der Waals surface area (Å²) < 4.78 is 37.5. The number of hydrogen-bond donors (Lipinski definition) is 1. The van der Waals surface area contributed by atoms with E-state index < -0.39 is 12.7 Å². The number of halogens is 3. The average molecular weight is 331 g/mol. The van der Waals surface area contributed by atoms with Crippen molar-refractivity contribution in [1.82, 2.24) is 19.8 Å². The molecule has 1 aliphatic heterocycles. The van der Waals surface area contributed by atoms with Crippen molar-refractivity contribution in [3.63, 3.8) is 0 Å². The molecule has 1 amide bonds. The van der Waals surface area contributed by atoms with Gasteiger partial charge in [-0.3, -0.25) is 9.69 Å². The topological polar surface area (TPSA) is 75.3 Å². The largest absolute Gasteiger partial charge is 0.401 e. The van der Waals surface area contributed by atoms with Crippen molar-refractivity contribution >= 4 is 11.7 Å². The molecule has 1 saturated heterocycles. The minimum atomic E-state index is -4.21. The Labute approximate surface area is 132 Å². The summed E-state index contributed by atoms with van der Waals surface area (Å²) in [6.07, 6.45) is -0.757. The van der Waals surface area contributed by atoms with E-state index >= 15 is 0 Å². The molecule has 2 N–H and O–H groups in total. The Morgan fingerprint density at radius 3 is 2.74 bits per heavy atom. The second-order valence-corrected chi connectivity index (χ2v) is 5.64. The Balaban J connectivity index is 1.93. The summed E-state index contributed by atoms with van der Waals surface area (Å²) in [5, 5.41) is 0. The van der Waals surface area contributed by atoms with Crippen molar-refractivity contribution < 1.29 is 18.0 Å². The Morgan fingerprint density at radius 1 is 1.43 bits per heavy atom. The van der Waals surface area contributed by atoms with Gasteiger partial charge in [0.2, 0.25) is 0 Å². The van der Waals surface area contributed by atoms with Crippen LogP contribution in [-0.4, -0.2) is 64.6 Å². The highest BCUT2D eigenvalue weighted by Crippen LogP contribution is 2.22. The fraction of sp³-hybridized carbons (Fsp3) is 0.643. The fourth-order valence-electron chi connectivity index (χ4n) is 2.75. The van der Waals surface area contributed by atoms with Crippen molar-refractivity contribution in [1.29, 1.82) is 0 Å². The molecule has 0 radical (unpaired) electrons. The molecular formula is C14H20F3N5O. The van der Waals surface area contributed by atoms with Gasteiger partial charge in [-0.05, 0) is 18.9 Å². The van der Waals surface area contributed by atoms with Gasteiger partial charge in [-0.15, -0.1) is 0 Å². The molecule has 0 aliphatic carbocycles. The molecule has 1 atom stereocenters. The van der Waals surface area contributed by atoms with E-state index in [1.807, 2.05) is 0 Å². The van der Waals surface area contributed by atoms with Gasteiger partial charge in [0.15, 0.2) is 11.5 Å². The average Bonchev–Trinajstić information content (AvgIpc) is 2.93. The molecule has 0 bridgehead atoms. The van der Waals surface area contributed by atoms with Gasteiger partial charge < -0.3 is 10.6 Å². The van der Waals surface area contributed by atoms with Crippen LogP contribution in [0.15, 0.2) is 12.4 Å². The number of nitrogens with two attached hydrogens (primary N) is 1. The van der Waals surface area contributed by atoms with E-state index in [1.165, 1.54) is 17.3 Å². The molecular weight excluding hydrogens is 311 g/mol. The standard InChI is InChI=1S/C14H20F3N5O/c1-2-21(9-14(15,16)17)7-10-3-6-22(8-10)13(23)11-12(18)20-5-4-19-11/h4-5,10H,2-3,6-9H2,1H3,(H2,18,20)/t10-/m0/s1. The molecule has 1 aliphatic rings. The number of nitrogens with zero attached hydrogens (tertiary/aromatic N) is 4. The number of aromatic nitrogens is 2. The highest BCUT2D eigenvalue weighted by molar-refractivity contribution is 5.96. The molecule has 6 nitrogen and oxygen atoms in total. The maximum atomic E-state index is 12.5. The monoisotopic (exact) mass is 331 g/mol. The van der Waals surface area contributed by atoms with Crippen LogP contribution in [0.5, 0.6) is 0 Å². The summed E-state index contributed by atoms with van der Waals surface area (Å²) in [6, 6.07) is 0.